The van der Waals surface area contributed by atoms with E-state index in [0.717, 1.165) is 5.56 Å². The van der Waals surface area contributed by atoms with Gasteiger partial charge in [0.1, 0.15) is 11.8 Å². The summed E-state index contributed by atoms with van der Waals surface area (Å²) in [5, 5.41) is 16.9. The van der Waals surface area contributed by atoms with Crippen molar-refractivity contribution in [1.82, 2.24) is 14.9 Å². The maximum atomic E-state index is 12.6. The number of nitrogens with one attached hydrogen (secondary N) is 2. The zero-order valence-electron chi connectivity index (χ0n) is 23.7. The van der Waals surface area contributed by atoms with Crippen LogP contribution in [0.25, 0.3) is 10.9 Å². The van der Waals surface area contributed by atoms with Crippen molar-refractivity contribution in [3.8, 4) is 11.8 Å². The van der Waals surface area contributed by atoms with Gasteiger partial charge in [0.2, 0.25) is 11.8 Å². The van der Waals surface area contributed by atoms with Crippen molar-refractivity contribution in [3.05, 3.63) is 89.4 Å². The highest BCUT2D eigenvalue weighted by Crippen LogP contribution is 2.37. The number of carbonyl (C=O) groups is 2. The van der Waals surface area contributed by atoms with Crippen LogP contribution in [0, 0.1) is 11.3 Å². The molecule has 0 atom stereocenters. The SMILES string of the molecule is COc1cc2ncc(C#N)c(Nc3ccc(N(Cc4cccnc4)C(C)=O)c(Cl)c3)c2cc1NC(=O)/C=C/CN(C)C. The number of aromatic nitrogens is 2. The highest BCUT2D eigenvalue weighted by Gasteiger charge is 2.18. The van der Waals surface area contributed by atoms with Gasteiger partial charge in [0.25, 0.3) is 0 Å². The number of carbonyl (C=O) groups excluding carboxylic acids is 2. The van der Waals surface area contributed by atoms with Crippen molar-refractivity contribution in [2.45, 2.75) is 13.5 Å². The van der Waals surface area contributed by atoms with Gasteiger partial charge < -0.3 is 25.2 Å². The molecular formula is C31H30ClN7O3. The number of ether oxygens (including phenoxy) is 1. The summed E-state index contributed by atoms with van der Waals surface area (Å²) < 4.78 is 5.50. The first kappa shape index (κ1) is 30.0. The van der Waals surface area contributed by atoms with Crippen LogP contribution in [0.4, 0.5) is 22.7 Å². The van der Waals surface area contributed by atoms with Crippen LogP contribution in [-0.2, 0) is 16.1 Å². The maximum Gasteiger partial charge on any atom is 0.248 e. The number of halogens is 1. The fraction of sp³-hybridized carbons (Fsp3) is 0.194. The number of fused-ring (bicyclic) bond motifs is 1. The van der Waals surface area contributed by atoms with Crippen LogP contribution in [0.2, 0.25) is 5.02 Å². The van der Waals surface area contributed by atoms with Crippen molar-refractivity contribution < 1.29 is 14.3 Å². The number of amides is 2. The lowest BCUT2D eigenvalue weighted by Crippen LogP contribution is -2.28. The molecule has 0 aliphatic carbocycles. The second-order valence-corrected chi connectivity index (χ2v) is 10.0. The van der Waals surface area contributed by atoms with Crippen LogP contribution in [-0.4, -0.2) is 54.4 Å². The van der Waals surface area contributed by atoms with Crippen molar-refractivity contribution in [2.75, 3.05) is 43.3 Å². The Bertz CT molecular complexity index is 1680. The fourth-order valence-electron chi connectivity index (χ4n) is 4.24. The predicted molar refractivity (Wildman–Crippen MR) is 165 cm³/mol. The summed E-state index contributed by atoms with van der Waals surface area (Å²) >= 11 is 6.68. The van der Waals surface area contributed by atoms with Gasteiger partial charge in [-0.1, -0.05) is 23.7 Å². The lowest BCUT2D eigenvalue weighted by Gasteiger charge is -2.23. The number of anilines is 4. The Labute approximate surface area is 249 Å². The molecule has 0 fully saturated rings. The molecule has 11 heteroatoms. The molecule has 0 spiro atoms. The van der Waals surface area contributed by atoms with Crippen LogP contribution in [0.3, 0.4) is 0 Å². The first-order chi connectivity index (χ1) is 20.2. The van der Waals surface area contributed by atoms with E-state index in [1.165, 1.54) is 26.3 Å². The van der Waals surface area contributed by atoms with Gasteiger partial charge in [-0.15, -0.1) is 0 Å². The first-order valence-electron chi connectivity index (χ1n) is 13.0. The minimum Gasteiger partial charge on any atom is -0.494 e. The molecular weight excluding hydrogens is 554 g/mol. The van der Waals surface area contributed by atoms with E-state index in [1.807, 2.05) is 31.1 Å². The van der Waals surface area contributed by atoms with Crippen LogP contribution in [0.1, 0.15) is 18.1 Å². The maximum absolute atomic E-state index is 12.6. The van der Waals surface area contributed by atoms with Gasteiger partial charge in [0, 0.05) is 55.3 Å². The van der Waals surface area contributed by atoms with E-state index in [-0.39, 0.29) is 17.4 Å². The monoisotopic (exact) mass is 583 g/mol. The third-order valence-electron chi connectivity index (χ3n) is 6.26. The van der Waals surface area contributed by atoms with Crippen LogP contribution < -0.4 is 20.3 Å². The van der Waals surface area contributed by atoms with Crippen molar-refractivity contribution >= 4 is 57.1 Å². The normalized spacial score (nSPS) is 11.0. The summed E-state index contributed by atoms with van der Waals surface area (Å²) in [4.78, 5) is 37.1. The largest absolute Gasteiger partial charge is 0.494 e. The lowest BCUT2D eigenvalue weighted by atomic mass is 10.1. The van der Waals surface area contributed by atoms with E-state index in [2.05, 4.69) is 26.7 Å². The molecule has 2 aromatic heterocycles. The number of benzene rings is 2. The van der Waals surface area contributed by atoms with Gasteiger partial charge in [0.05, 0.1) is 46.8 Å². The van der Waals surface area contributed by atoms with Gasteiger partial charge >= 0.3 is 0 Å². The van der Waals surface area contributed by atoms with Gasteiger partial charge in [-0.05, 0) is 50.0 Å². The van der Waals surface area contributed by atoms with Gasteiger partial charge in [-0.2, -0.15) is 5.26 Å². The van der Waals surface area contributed by atoms with Crippen LogP contribution >= 0.6 is 11.6 Å². The molecule has 214 valence electrons. The Kier molecular flexibility index (Phi) is 9.70. The highest BCUT2D eigenvalue weighted by molar-refractivity contribution is 6.34. The van der Waals surface area contributed by atoms with Gasteiger partial charge in [-0.3, -0.25) is 19.6 Å². The highest BCUT2D eigenvalue weighted by atomic mass is 35.5. The summed E-state index contributed by atoms with van der Waals surface area (Å²) in [6.45, 7) is 2.40. The minimum absolute atomic E-state index is 0.173. The molecule has 0 saturated carbocycles. The average molecular weight is 584 g/mol. The summed E-state index contributed by atoms with van der Waals surface area (Å²) in [5.74, 6) is -0.0733. The van der Waals surface area contributed by atoms with E-state index < -0.39 is 0 Å². The number of hydrogen-bond donors (Lipinski definition) is 2. The molecule has 10 nitrogen and oxygen atoms in total. The van der Waals surface area contributed by atoms with Crippen LogP contribution in [0.15, 0.2) is 73.2 Å². The quantitative estimate of drug-likeness (QED) is 0.234. The molecule has 0 bridgehead atoms. The standard InChI is InChI=1S/C31H30ClN7O3/c1-20(40)39(19-21-7-5-11-34-17-21)28-10-9-23(13-25(28)32)36-31-22(16-33)18-35-26-15-29(42-4)27(14-24(26)31)37-30(41)8-6-12-38(2)3/h5-11,13-15,17-18H,12,19H2,1-4H3,(H,35,36)(H,37,41)/b8-6+. The third kappa shape index (κ3) is 7.20. The van der Waals surface area contributed by atoms with Crippen LogP contribution in [0.5, 0.6) is 5.75 Å². The summed E-state index contributed by atoms with van der Waals surface area (Å²) in [6, 6.07) is 14.5. The molecule has 42 heavy (non-hydrogen) atoms. The summed E-state index contributed by atoms with van der Waals surface area (Å²) in [5.41, 5.74) is 3.73. The van der Waals surface area contributed by atoms with E-state index >= 15 is 0 Å². The molecule has 0 unspecified atom stereocenters. The number of likely N-dealkylation sites (N-methyl/N-ethyl adjacent to an activating group) is 1. The molecule has 2 amide bonds. The van der Waals surface area contributed by atoms with Crippen molar-refractivity contribution in [2.24, 2.45) is 0 Å². The molecule has 2 aromatic carbocycles. The molecule has 0 aliphatic rings. The second-order valence-electron chi connectivity index (χ2n) is 9.64. The second kappa shape index (κ2) is 13.6. The fourth-order valence-corrected chi connectivity index (χ4v) is 4.52. The topological polar surface area (TPSA) is 123 Å². The molecule has 0 radical (unpaired) electrons. The summed E-state index contributed by atoms with van der Waals surface area (Å²) in [6.07, 6.45) is 8.04. The molecule has 4 rings (SSSR count). The molecule has 0 aliphatic heterocycles. The van der Waals surface area contributed by atoms with Gasteiger partial charge in [-0.25, -0.2) is 0 Å². The zero-order valence-corrected chi connectivity index (χ0v) is 24.4. The first-order valence-corrected chi connectivity index (χ1v) is 13.3. The number of nitrogens with zero attached hydrogens (tertiary/aromatic N) is 5. The summed E-state index contributed by atoms with van der Waals surface area (Å²) in [7, 11) is 5.32. The predicted octanol–water partition coefficient (Wildman–Crippen LogP) is 5.52. The Morgan fingerprint density at radius 2 is 1.98 bits per heavy atom. The van der Waals surface area contributed by atoms with Crippen molar-refractivity contribution in [3.63, 3.8) is 0 Å². The number of hydrogen-bond acceptors (Lipinski definition) is 8. The van der Waals surface area contributed by atoms with E-state index in [0.29, 0.717) is 57.5 Å². The number of nitriles is 1. The smallest absolute Gasteiger partial charge is 0.248 e. The lowest BCUT2D eigenvalue weighted by molar-refractivity contribution is -0.116. The molecule has 2 N–H and O–H groups in total. The Morgan fingerprint density at radius 3 is 2.62 bits per heavy atom. The Hall–Kier alpha value is -4.98. The third-order valence-corrected chi connectivity index (χ3v) is 6.56. The molecule has 2 heterocycles. The van der Waals surface area contributed by atoms with E-state index in [4.69, 9.17) is 16.3 Å². The molecule has 0 saturated heterocycles. The number of methoxy groups -OCH3 is 1. The Morgan fingerprint density at radius 1 is 1.17 bits per heavy atom. The number of rotatable bonds is 10. The van der Waals surface area contributed by atoms with Gasteiger partial charge in [0.15, 0.2) is 0 Å². The van der Waals surface area contributed by atoms with Crippen molar-refractivity contribution in [1.29, 1.82) is 5.26 Å². The zero-order chi connectivity index (χ0) is 30.2. The minimum atomic E-state index is -0.322. The Balaban J connectivity index is 1.69. The number of pyridine rings is 2. The average Bonchev–Trinajstić information content (AvgIpc) is 2.96. The van der Waals surface area contributed by atoms with E-state index in [9.17, 15) is 14.9 Å². The molecule has 4 aromatic rings. The van der Waals surface area contributed by atoms with E-state index in [1.54, 1.807) is 53.7 Å².